The lowest BCUT2D eigenvalue weighted by atomic mass is 10.3. The first-order valence-corrected chi connectivity index (χ1v) is 4.81. The van der Waals surface area contributed by atoms with E-state index in [0.29, 0.717) is 5.69 Å². The van der Waals surface area contributed by atoms with Crippen LogP contribution in [0.5, 0.6) is 0 Å². The Morgan fingerprint density at radius 2 is 2.12 bits per heavy atom. The lowest BCUT2D eigenvalue weighted by molar-refractivity contribution is 0.0996. The molecule has 0 aliphatic heterocycles. The van der Waals surface area contributed by atoms with E-state index >= 15 is 0 Å². The molecule has 0 aromatic carbocycles. The quantitative estimate of drug-likeness (QED) is 0.915. The summed E-state index contributed by atoms with van der Waals surface area (Å²) in [5.74, 6) is -0.503. The smallest absolute Gasteiger partial charge is 0.268 e. The van der Waals surface area contributed by atoms with E-state index in [1.54, 1.807) is 17.8 Å². The Morgan fingerprint density at radius 3 is 2.62 bits per heavy atom. The second-order valence-corrected chi connectivity index (χ2v) is 3.50. The molecule has 0 spiro atoms. The van der Waals surface area contributed by atoms with Crippen molar-refractivity contribution in [3.05, 3.63) is 35.6 Å². The van der Waals surface area contributed by atoms with Gasteiger partial charge in [0.2, 0.25) is 0 Å². The van der Waals surface area contributed by atoms with Crippen molar-refractivity contribution in [2.75, 3.05) is 0 Å². The van der Waals surface area contributed by atoms with Gasteiger partial charge in [-0.15, -0.1) is 36.2 Å². The zero-order chi connectivity index (χ0) is 9.97. The fourth-order valence-electron chi connectivity index (χ4n) is 1.01. The third-order valence-electron chi connectivity index (χ3n) is 1.67. The number of nitrogens with zero attached hydrogens (tertiary/aromatic N) is 2. The predicted molar refractivity (Wildman–Crippen MR) is 68.4 cm³/mol. The molecule has 2 rings (SSSR count). The topological polar surface area (TPSA) is 68.9 Å². The second kappa shape index (κ2) is 6.42. The monoisotopic (exact) mass is 277 g/mol. The Labute approximate surface area is 109 Å². The number of pyridine rings is 1. The molecule has 0 saturated carbocycles. The number of nitrogens with two attached hydrogens (primary N) is 1. The summed E-state index contributed by atoms with van der Waals surface area (Å²) >= 11 is 1.38. The number of primary amides is 1. The van der Waals surface area contributed by atoms with Crippen molar-refractivity contribution < 1.29 is 4.79 Å². The lowest BCUT2D eigenvalue weighted by Crippen LogP contribution is -2.10. The Hall–Kier alpha value is -1.17. The average Bonchev–Trinajstić information content (AvgIpc) is 2.68. The first kappa shape index (κ1) is 14.8. The minimum absolute atomic E-state index is 0. The van der Waals surface area contributed by atoms with Crippen LogP contribution in [0.15, 0.2) is 29.9 Å². The van der Waals surface area contributed by atoms with Gasteiger partial charge in [-0.1, -0.05) is 0 Å². The van der Waals surface area contributed by atoms with Gasteiger partial charge in [-0.25, -0.2) is 4.98 Å². The number of halogens is 2. The van der Waals surface area contributed by atoms with Crippen molar-refractivity contribution in [1.29, 1.82) is 0 Å². The maximum absolute atomic E-state index is 10.8. The molecule has 2 aromatic heterocycles. The Balaban J connectivity index is 0.00000112. The van der Waals surface area contributed by atoms with E-state index in [1.165, 1.54) is 11.3 Å². The van der Waals surface area contributed by atoms with E-state index in [9.17, 15) is 4.79 Å². The van der Waals surface area contributed by atoms with Crippen molar-refractivity contribution >= 4 is 42.1 Å². The molecule has 16 heavy (non-hydrogen) atoms. The molecule has 0 unspecified atom stereocenters. The SMILES string of the molecule is Cl.Cl.NC(=O)c1csc(-c2cccnc2)n1. The summed E-state index contributed by atoms with van der Waals surface area (Å²) < 4.78 is 0. The van der Waals surface area contributed by atoms with Crippen LogP contribution in [0.2, 0.25) is 0 Å². The second-order valence-electron chi connectivity index (χ2n) is 2.64. The minimum Gasteiger partial charge on any atom is -0.364 e. The molecule has 2 N–H and O–H groups in total. The van der Waals surface area contributed by atoms with E-state index in [2.05, 4.69) is 9.97 Å². The molecule has 0 saturated heterocycles. The number of carbonyl (C=O) groups excluding carboxylic acids is 1. The summed E-state index contributed by atoms with van der Waals surface area (Å²) in [5.41, 5.74) is 6.29. The van der Waals surface area contributed by atoms with E-state index in [1.807, 2.05) is 12.1 Å². The molecule has 2 aromatic rings. The van der Waals surface area contributed by atoms with Crippen LogP contribution in [0.4, 0.5) is 0 Å². The normalized spacial score (nSPS) is 8.75. The Bertz CT molecular complexity index is 461. The highest BCUT2D eigenvalue weighted by molar-refractivity contribution is 7.13. The van der Waals surface area contributed by atoms with Crippen LogP contribution in [0.3, 0.4) is 0 Å². The molecule has 0 atom stereocenters. The van der Waals surface area contributed by atoms with Gasteiger partial charge in [0.05, 0.1) is 0 Å². The molecular weight excluding hydrogens is 269 g/mol. The number of aromatic nitrogens is 2. The Kier molecular flexibility index (Phi) is 5.95. The maximum Gasteiger partial charge on any atom is 0.268 e. The molecule has 0 aliphatic rings. The third-order valence-corrected chi connectivity index (χ3v) is 2.56. The van der Waals surface area contributed by atoms with E-state index in [-0.39, 0.29) is 24.8 Å². The van der Waals surface area contributed by atoms with Gasteiger partial charge in [-0.3, -0.25) is 9.78 Å². The summed E-state index contributed by atoms with van der Waals surface area (Å²) in [6.45, 7) is 0. The van der Waals surface area contributed by atoms with Crippen LogP contribution in [-0.4, -0.2) is 15.9 Å². The summed E-state index contributed by atoms with van der Waals surface area (Å²) in [4.78, 5) is 18.8. The molecule has 86 valence electrons. The molecule has 2 heterocycles. The molecule has 0 fully saturated rings. The van der Waals surface area contributed by atoms with E-state index in [4.69, 9.17) is 5.73 Å². The highest BCUT2D eigenvalue weighted by Crippen LogP contribution is 2.22. The zero-order valence-electron chi connectivity index (χ0n) is 7.99. The Morgan fingerprint density at radius 1 is 1.38 bits per heavy atom. The van der Waals surface area contributed by atoms with E-state index < -0.39 is 5.91 Å². The number of thiazole rings is 1. The zero-order valence-corrected chi connectivity index (χ0v) is 10.4. The molecule has 1 amide bonds. The van der Waals surface area contributed by atoms with Crippen molar-refractivity contribution in [3.8, 4) is 10.6 Å². The largest absolute Gasteiger partial charge is 0.364 e. The molecule has 0 bridgehead atoms. The van der Waals surface area contributed by atoms with Gasteiger partial charge in [0.25, 0.3) is 5.91 Å². The summed E-state index contributed by atoms with van der Waals surface area (Å²) in [5, 5.41) is 2.40. The van der Waals surface area contributed by atoms with Crippen LogP contribution < -0.4 is 5.73 Å². The number of carbonyl (C=O) groups is 1. The van der Waals surface area contributed by atoms with Crippen LogP contribution in [-0.2, 0) is 0 Å². The number of hydrogen-bond acceptors (Lipinski definition) is 4. The van der Waals surface area contributed by atoms with Crippen molar-refractivity contribution in [1.82, 2.24) is 9.97 Å². The lowest BCUT2D eigenvalue weighted by Gasteiger charge is -1.92. The van der Waals surface area contributed by atoms with Gasteiger partial charge in [-0.05, 0) is 12.1 Å². The average molecular weight is 278 g/mol. The number of hydrogen-bond donors (Lipinski definition) is 1. The van der Waals surface area contributed by atoms with Gasteiger partial charge in [0.15, 0.2) is 0 Å². The predicted octanol–water partition coefficient (Wildman–Crippen LogP) is 2.15. The van der Waals surface area contributed by atoms with E-state index in [0.717, 1.165) is 10.6 Å². The third kappa shape index (κ3) is 3.16. The summed E-state index contributed by atoms with van der Waals surface area (Å²) in [7, 11) is 0. The van der Waals surface area contributed by atoms with Gasteiger partial charge in [0.1, 0.15) is 10.7 Å². The molecular formula is C9H9Cl2N3OS. The van der Waals surface area contributed by atoms with Crippen molar-refractivity contribution in [3.63, 3.8) is 0 Å². The summed E-state index contributed by atoms with van der Waals surface area (Å²) in [6.07, 6.45) is 3.38. The first-order valence-electron chi connectivity index (χ1n) is 3.93. The van der Waals surface area contributed by atoms with Gasteiger partial charge in [0, 0.05) is 23.3 Å². The van der Waals surface area contributed by atoms with Gasteiger partial charge < -0.3 is 5.73 Å². The highest BCUT2D eigenvalue weighted by Gasteiger charge is 2.07. The first-order chi connectivity index (χ1) is 6.77. The standard InChI is InChI=1S/C9H7N3OS.2ClH/c10-8(13)7-5-14-9(12-7)6-2-1-3-11-4-6;;/h1-5H,(H2,10,13);2*1H. The van der Waals surface area contributed by atoms with Crippen LogP contribution >= 0.6 is 36.2 Å². The fourth-order valence-corrected chi connectivity index (χ4v) is 1.81. The molecule has 0 radical (unpaired) electrons. The van der Waals surface area contributed by atoms with Crippen molar-refractivity contribution in [2.24, 2.45) is 5.73 Å². The van der Waals surface area contributed by atoms with Crippen molar-refractivity contribution in [2.45, 2.75) is 0 Å². The fraction of sp³-hybridized carbons (Fsp3) is 0. The number of rotatable bonds is 2. The molecule has 7 heteroatoms. The minimum atomic E-state index is -0.503. The van der Waals surface area contributed by atoms with Crippen LogP contribution in [0.25, 0.3) is 10.6 Å². The van der Waals surface area contributed by atoms with Crippen LogP contribution in [0.1, 0.15) is 10.5 Å². The summed E-state index contributed by atoms with van der Waals surface area (Å²) in [6, 6.07) is 3.71. The molecule has 4 nitrogen and oxygen atoms in total. The highest BCUT2D eigenvalue weighted by atomic mass is 35.5. The number of amides is 1. The van der Waals surface area contributed by atoms with Crippen LogP contribution in [0, 0.1) is 0 Å². The molecule has 0 aliphatic carbocycles. The maximum atomic E-state index is 10.8. The van der Waals surface area contributed by atoms with Gasteiger partial charge in [-0.2, -0.15) is 0 Å². The van der Waals surface area contributed by atoms with Gasteiger partial charge >= 0.3 is 0 Å².